The molecule has 1 aliphatic heterocycles. The lowest BCUT2D eigenvalue weighted by molar-refractivity contribution is 0.0380. The van der Waals surface area contributed by atoms with Crippen molar-refractivity contribution < 1.29 is 9.53 Å². The second-order valence-electron chi connectivity index (χ2n) is 4.83. The maximum atomic E-state index is 12.1. The van der Waals surface area contributed by atoms with Gasteiger partial charge in [0.1, 0.15) is 6.17 Å². The molecule has 0 spiro atoms. The molecule has 0 bridgehead atoms. The molecule has 0 saturated carbocycles. The molecule has 1 amide bonds. The van der Waals surface area contributed by atoms with Gasteiger partial charge in [-0.25, -0.2) is 0 Å². The van der Waals surface area contributed by atoms with Crippen LogP contribution < -0.4 is 10.6 Å². The molecule has 0 aliphatic carbocycles. The van der Waals surface area contributed by atoms with Crippen LogP contribution >= 0.6 is 46.1 Å². The van der Waals surface area contributed by atoms with Crippen LogP contribution in [-0.4, -0.2) is 60.2 Å². The summed E-state index contributed by atoms with van der Waals surface area (Å²) in [6.45, 7) is 4.66. The molecule has 5 nitrogen and oxygen atoms in total. The Kier molecular flexibility index (Phi) is 7.21. The molecule has 0 radical (unpaired) electrons. The summed E-state index contributed by atoms with van der Waals surface area (Å²) >= 11 is 19.2. The van der Waals surface area contributed by atoms with Crippen molar-refractivity contribution in [2.75, 3.05) is 39.4 Å². The molecule has 0 unspecified atom stereocenters. The summed E-state index contributed by atoms with van der Waals surface area (Å²) in [4.78, 5) is 14.9. The van der Waals surface area contributed by atoms with Gasteiger partial charge in [-0.2, -0.15) is 0 Å². The topological polar surface area (TPSA) is 53.6 Å². The standard InChI is InChI=1S/C13H18Cl3N3O2S/c14-13(15,16)12(18-11(20)10-2-1-9-22-10)17-3-4-19-5-7-21-8-6-19/h1-2,9,12,17H,3-8H2,(H,18,20)/t12-/m0/s1. The minimum atomic E-state index is -1.63. The van der Waals surface area contributed by atoms with Gasteiger partial charge < -0.3 is 10.1 Å². The van der Waals surface area contributed by atoms with E-state index in [1.165, 1.54) is 11.3 Å². The summed E-state index contributed by atoms with van der Waals surface area (Å²) in [5.41, 5.74) is 0. The van der Waals surface area contributed by atoms with E-state index in [1.807, 2.05) is 5.38 Å². The first-order valence-corrected chi connectivity index (χ1v) is 8.93. The van der Waals surface area contributed by atoms with Crippen LogP contribution in [0.2, 0.25) is 0 Å². The Hall–Kier alpha value is -0.0800. The molecule has 2 N–H and O–H groups in total. The van der Waals surface area contributed by atoms with Crippen LogP contribution in [0.15, 0.2) is 17.5 Å². The number of amides is 1. The van der Waals surface area contributed by atoms with Crippen molar-refractivity contribution >= 4 is 52.0 Å². The van der Waals surface area contributed by atoms with Crippen molar-refractivity contribution in [1.29, 1.82) is 0 Å². The number of ether oxygens (including phenoxy) is 1. The number of hydrogen-bond acceptors (Lipinski definition) is 5. The summed E-state index contributed by atoms with van der Waals surface area (Å²) in [5, 5.41) is 7.64. The van der Waals surface area contributed by atoms with Gasteiger partial charge in [0.15, 0.2) is 0 Å². The molecular weight excluding hydrogens is 369 g/mol. The lowest BCUT2D eigenvalue weighted by Gasteiger charge is -2.30. The van der Waals surface area contributed by atoms with E-state index < -0.39 is 9.96 Å². The molecule has 2 rings (SSSR count). The highest BCUT2D eigenvalue weighted by Gasteiger charge is 2.34. The largest absolute Gasteiger partial charge is 0.379 e. The number of halogens is 3. The lowest BCUT2D eigenvalue weighted by Crippen LogP contribution is -2.55. The van der Waals surface area contributed by atoms with Crippen LogP contribution in [0.25, 0.3) is 0 Å². The SMILES string of the molecule is O=C(N[C@H](NCCN1CCOCC1)C(Cl)(Cl)Cl)c1cccs1. The Morgan fingerprint density at radius 3 is 2.73 bits per heavy atom. The predicted molar refractivity (Wildman–Crippen MR) is 91.1 cm³/mol. The number of alkyl halides is 3. The van der Waals surface area contributed by atoms with Crippen molar-refractivity contribution in [3.63, 3.8) is 0 Å². The van der Waals surface area contributed by atoms with Crippen LogP contribution in [-0.2, 0) is 4.74 Å². The first-order valence-electron chi connectivity index (χ1n) is 6.91. The summed E-state index contributed by atoms with van der Waals surface area (Å²) in [7, 11) is 0. The first-order chi connectivity index (χ1) is 10.5. The zero-order chi connectivity index (χ0) is 16.0. The van der Waals surface area contributed by atoms with Gasteiger partial charge in [0.2, 0.25) is 3.79 Å². The molecule has 1 atom stereocenters. The van der Waals surface area contributed by atoms with Crippen molar-refractivity contribution in [3.05, 3.63) is 22.4 Å². The molecule has 124 valence electrons. The van der Waals surface area contributed by atoms with Gasteiger partial charge in [-0.15, -0.1) is 11.3 Å². The zero-order valence-corrected chi connectivity index (χ0v) is 14.9. The fourth-order valence-electron chi connectivity index (χ4n) is 2.05. The van der Waals surface area contributed by atoms with E-state index in [2.05, 4.69) is 15.5 Å². The van der Waals surface area contributed by atoms with Crippen molar-refractivity contribution in [2.24, 2.45) is 0 Å². The minimum Gasteiger partial charge on any atom is -0.379 e. The number of carbonyl (C=O) groups excluding carboxylic acids is 1. The summed E-state index contributed by atoms with van der Waals surface area (Å²) in [5.74, 6) is -0.259. The third-order valence-corrected chi connectivity index (χ3v) is 4.75. The second-order valence-corrected chi connectivity index (χ2v) is 8.15. The fraction of sp³-hybridized carbons (Fsp3) is 0.615. The van der Waals surface area contributed by atoms with Crippen molar-refractivity contribution in [2.45, 2.75) is 9.96 Å². The second kappa shape index (κ2) is 8.68. The first kappa shape index (κ1) is 18.3. The number of morpholine rings is 1. The third kappa shape index (κ3) is 5.85. The summed E-state index contributed by atoms with van der Waals surface area (Å²) in [6, 6.07) is 3.53. The van der Waals surface area contributed by atoms with Gasteiger partial charge in [0.05, 0.1) is 18.1 Å². The molecule has 1 fully saturated rings. The van der Waals surface area contributed by atoms with Crippen LogP contribution in [0.3, 0.4) is 0 Å². The molecule has 1 aliphatic rings. The Balaban J connectivity index is 1.82. The normalized spacial score (nSPS) is 18.1. The number of hydrogen-bond donors (Lipinski definition) is 2. The molecule has 0 aromatic carbocycles. The van der Waals surface area contributed by atoms with E-state index in [-0.39, 0.29) is 5.91 Å². The van der Waals surface area contributed by atoms with Crippen molar-refractivity contribution in [3.8, 4) is 0 Å². The Morgan fingerprint density at radius 1 is 1.41 bits per heavy atom. The predicted octanol–water partition coefficient (Wildman–Crippen LogP) is 2.10. The molecular formula is C13H18Cl3N3O2S. The van der Waals surface area contributed by atoms with Gasteiger partial charge in [-0.1, -0.05) is 40.9 Å². The molecule has 1 aromatic heterocycles. The maximum absolute atomic E-state index is 12.1. The van der Waals surface area contributed by atoms with Crippen LogP contribution in [0.4, 0.5) is 0 Å². The summed E-state index contributed by atoms with van der Waals surface area (Å²) < 4.78 is 3.67. The Bertz CT molecular complexity index is 462. The fourth-order valence-corrected chi connectivity index (χ4v) is 3.07. The van der Waals surface area contributed by atoms with E-state index >= 15 is 0 Å². The number of nitrogens with one attached hydrogen (secondary N) is 2. The molecule has 2 heterocycles. The number of nitrogens with zero attached hydrogens (tertiary/aromatic N) is 1. The number of rotatable bonds is 6. The zero-order valence-electron chi connectivity index (χ0n) is 11.9. The van der Waals surface area contributed by atoms with Crippen molar-refractivity contribution in [1.82, 2.24) is 15.5 Å². The van der Waals surface area contributed by atoms with Gasteiger partial charge in [-0.05, 0) is 11.4 Å². The highest BCUT2D eigenvalue weighted by molar-refractivity contribution is 7.12. The van der Waals surface area contributed by atoms with Crippen LogP contribution in [0, 0.1) is 0 Å². The van der Waals surface area contributed by atoms with E-state index in [0.717, 1.165) is 32.8 Å². The highest BCUT2D eigenvalue weighted by Crippen LogP contribution is 2.29. The van der Waals surface area contributed by atoms with E-state index in [9.17, 15) is 4.79 Å². The molecule has 1 saturated heterocycles. The minimum absolute atomic E-state index is 0.259. The Labute approximate surface area is 148 Å². The lowest BCUT2D eigenvalue weighted by atomic mass is 10.4. The molecule has 22 heavy (non-hydrogen) atoms. The highest BCUT2D eigenvalue weighted by atomic mass is 35.6. The smallest absolute Gasteiger partial charge is 0.262 e. The average molecular weight is 387 g/mol. The quantitative estimate of drug-likeness (QED) is 0.581. The maximum Gasteiger partial charge on any atom is 0.262 e. The molecule has 1 aromatic rings. The third-order valence-electron chi connectivity index (χ3n) is 3.23. The average Bonchev–Trinajstić information content (AvgIpc) is 3.00. The Morgan fingerprint density at radius 2 is 2.14 bits per heavy atom. The van der Waals surface area contributed by atoms with Crippen LogP contribution in [0.5, 0.6) is 0 Å². The van der Waals surface area contributed by atoms with Gasteiger partial charge >= 0.3 is 0 Å². The van der Waals surface area contributed by atoms with E-state index in [4.69, 9.17) is 39.5 Å². The molecule has 9 heteroatoms. The monoisotopic (exact) mass is 385 g/mol. The van der Waals surface area contributed by atoms with Gasteiger partial charge in [0.25, 0.3) is 5.91 Å². The van der Waals surface area contributed by atoms with Crippen LogP contribution in [0.1, 0.15) is 9.67 Å². The van der Waals surface area contributed by atoms with E-state index in [0.29, 0.717) is 11.4 Å². The number of thiophene rings is 1. The van der Waals surface area contributed by atoms with Gasteiger partial charge in [-0.3, -0.25) is 15.0 Å². The van der Waals surface area contributed by atoms with E-state index in [1.54, 1.807) is 12.1 Å². The van der Waals surface area contributed by atoms with Gasteiger partial charge in [0, 0.05) is 26.2 Å². The number of carbonyl (C=O) groups is 1. The summed E-state index contributed by atoms with van der Waals surface area (Å²) in [6.07, 6.45) is -0.756.